The van der Waals surface area contributed by atoms with Crippen LogP contribution in [-0.4, -0.2) is 24.7 Å². The molecule has 0 N–H and O–H groups in total. The van der Waals surface area contributed by atoms with E-state index in [1.54, 1.807) is 23.9 Å². The monoisotopic (exact) mass is 405 g/mol. The summed E-state index contributed by atoms with van der Waals surface area (Å²) in [7, 11) is 0. The second kappa shape index (κ2) is 6.86. The first-order chi connectivity index (χ1) is 14.9. The van der Waals surface area contributed by atoms with Crippen molar-refractivity contribution in [2.75, 3.05) is 0 Å². The van der Waals surface area contributed by atoms with Gasteiger partial charge < -0.3 is 0 Å². The molecule has 0 aliphatic heterocycles. The second-order valence-electron chi connectivity index (χ2n) is 6.94. The molecule has 0 unspecified atom stereocenters. The van der Waals surface area contributed by atoms with Gasteiger partial charge in [-0.3, -0.25) is 4.57 Å². The Morgan fingerprint density at radius 1 is 0.733 bits per heavy atom. The highest BCUT2D eigenvalue weighted by atomic mass is 32.1. The van der Waals surface area contributed by atoms with Crippen LogP contribution >= 0.6 is 11.3 Å². The van der Waals surface area contributed by atoms with E-state index in [1.165, 1.54) is 0 Å². The van der Waals surface area contributed by atoms with Crippen LogP contribution in [0.5, 0.6) is 0 Å². The van der Waals surface area contributed by atoms with Gasteiger partial charge in [0.2, 0.25) is 0 Å². The van der Waals surface area contributed by atoms with Gasteiger partial charge in [-0.15, -0.1) is 21.5 Å². The zero-order chi connectivity index (χ0) is 19.9. The molecular formula is C24H15N5S. The van der Waals surface area contributed by atoms with E-state index in [1.807, 2.05) is 41.1 Å². The smallest absolute Gasteiger partial charge is 0.168 e. The Morgan fingerprint density at radius 3 is 2.47 bits per heavy atom. The summed E-state index contributed by atoms with van der Waals surface area (Å²) in [4.78, 5) is 11.1. The molecule has 0 saturated heterocycles. The van der Waals surface area contributed by atoms with E-state index >= 15 is 0 Å². The standard InChI is InChI=1S/C24H15N5S/c1-4-8-19-16(5-1)9-10-20(26-19)21-11-12-22(30-21)23-17-6-2-3-7-18(17)24(28-27-23)29-14-13-25-15-29/h1-15H. The van der Waals surface area contributed by atoms with Crippen LogP contribution in [0.4, 0.5) is 0 Å². The highest BCUT2D eigenvalue weighted by molar-refractivity contribution is 7.18. The van der Waals surface area contributed by atoms with Gasteiger partial charge in [0, 0.05) is 28.6 Å². The predicted molar refractivity (Wildman–Crippen MR) is 121 cm³/mol. The quantitative estimate of drug-likeness (QED) is 0.376. The van der Waals surface area contributed by atoms with Crippen molar-refractivity contribution in [3.63, 3.8) is 0 Å². The highest BCUT2D eigenvalue weighted by Gasteiger charge is 2.14. The lowest BCUT2D eigenvalue weighted by Gasteiger charge is -2.08. The maximum absolute atomic E-state index is 4.83. The molecule has 0 aliphatic carbocycles. The normalized spacial score (nSPS) is 11.3. The van der Waals surface area contributed by atoms with E-state index in [0.717, 1.165) is 48.6 Å². The van der Waals surface area contributed by atoms with Crippen LogP contribution in [0, 0.1) is 0 Å². The number of fused-ring (bicyclic) bond motifs is 2. The highest BCUT2D eigenvalue weighted by Crippen LogP contribution is 2.37. The van der Waals surface area contributed by atoms with E-state index in [2.05, 4.69) is 57.6 Å². The largest absolute Gasteiger partial charge is 0.289 e. The Morgan fingerprint density at radius 2 is 1.57 bits per heavy atom. The van der Waals surface area contributed by atoms with E-state index in [4.69, 9.17) is 4.98 Å². The number of nitrogens with zero attached hydrogens (tertiary/aromatic N) is 5. The van der Waals surface area contributed by atoms with Crippen LogP contribution in [0.2, 0.25) is 0 Å². The van der Waals surface area contributed by atoms with Crippen LogP contribution in [0.1, 0.15) is 0 Å². The van der Waals surface area contributed by atoms with E-state index in [0.29, 0.717) is 0 Å². The maximum Gasteiger partial charge on any atom is 0.168 e. The second-order valence-corrected chi connectivity index (χ2v) is 8.02. The molecule has 0 aliphatic rings. The Balaban J connectivity index is 1.47. The summed E-state index contributed by atoms with van der Waals surface area (Å²) in [5, 5.41) is 12.3. The lowest BCUT2D eigenvalue weighted by molar-refractivity contribution is 0.933. The lowest BCUT2D eigenvalue weighted by atomic mass is 10.1. The molecule has 0 bridgehead atoms. The van der Waals surface area contributed by atoms with Gasteiger partial charge in [-0.05, 0) is 24.3 Å². The molecule has 4 aromatic heterocycles. The zero-order valence-electron chi connectivity index (χ0n) is 15.8. The Hall–Kier alpha value is -3.90. The molecule has 30 heavy (non-hydrogen) atoms. The van der Waals surface area contributed by atoms with E-state index in [9.17, 15) is 0 Å². The van der Waals surface area contributed by atoms with Gasteiger partial charge in [0.05, 0.1) is 21.0 Å². The number of thiophene rings is 1. The third-order valence-corrected chi connectivity index (χ3v) is 6.22. The molecule has 6 heteroatoms. The molecule has 0 spiro atoms. The minimum atomic E-state index is 0.778. The van der Waals surface area contributed by atoms with Gasteiger partial charge in [-0.1, -0.05) is 48.5 Å². The summed E-state index contributed by atoms with van der Waals surface area (Å²) in [5.74, 6) is 0.778. The van der Waals surface area contributed by atoms with Crippen molar-refractivity contribution in [3.8, 4) is 27.0 Å². The van der Waals surface area contributed by atoms with Crippen molar-refractivity contribution >= 4 is 33.0 Å². The molecule has 0 radical (unpaired) electrons. The first-order valence-electron chi connectivity index (χ1n) is 9.57. The molecule has 6 aromatic rings. The molecule has 0 saturated carbocycles. The van der Waals surface area contributed by atoms with E-state index < -0.39 is 0 Å². The molecule has 0 atom stereocenters. The molecule has 4 heterocycles. The Bertz CT molecular complexity index is 1500. The maximum atomic E-state index is 4.83. The summed E-state index contributed by atoms with van der Waals surface area (Å²) in [6, 6.07) is 24.8. The van der Waals surface area contributed by atoms with Crippen LogP contribution in [-0.2, 0) is 0 Å². The zero-order valence-corrected chi connectivity index (χ0v) is 16.6. The van der Waals surface area contributed by atoms with Gasteiger partial charge in [-0.25, -0.2) is 9.97 Å². The van der Waals surface area contributed by atoms with Crippen molar-refractivity contribution < 1.29 is 0 Å². The fourth-order valence-corrected chi connectivity index (χ4v) is 4.63. The van der Waals surface area contributed by atoms with Gasteiger partial charge >= 0.3 is 0 Å². The molecule has 5 nitrogen and oxygen atoms in total. The lowest BCUT2D eigenvalue weighted by Crippen LogP contribution is -1.99. The first kappa shape index (κ1) is 17.0. The van der Waals surface area contributed by atoms with Crippen LogP contribution in [0.15, 0.2) is 91.5 Å². The number of hydrogen-bond acceptors (Lipinski definition) is 5. The summed E-state index contributed by atoms with van der Waals surface area (Å²) in [6.07, 6.45) is 5.36. The van der Waals surface area contributed by atoms with E-state index in [-0.39, 0.29) is 0 Å². The fraction of sp³-hybridized carbons (Fsp3) is 0. The predicted octanol–water partition coefficient (Wildman–Crippen LogP) is 5.76. The average Bonchev–Trinajstić information content (AvgIpc) is 3.51. The van der Waals surface area contributed by atoms with Gasteiger partial charge in [0.15, 0.2) is 5.82 Å². The first-order valence-corrected chi connectivity index (χ1v) is 10.4. The minimum Gasteiger partial charge on any atom is -0.289 e. The molecular weight excluding hydrogens is 390 g/mol. The average molecular weight is 405 g/mol. The fourth-order valence-electron chi connectivity index (χ4n) is 3.65. The van der Waals surface area contributed by atoms with Crippen LogP contribution in [0.25, 0.3) is 48.6 Å². The number of para-hydroxylation sites is 1. The number of imidazole rings is 1. The number of rotatable bonds is 3. The Labute approximate surface area is 176 Å². The van der Waals surface area contributed by atoms with Gasteiger partial charge in [0.1, 0.15) is 12.0 Å². The summed E-state index contributed by atoms with van der Waals surface area (Å²) in [6.45, 7) is 0. The molecule has 0 fully saturated rings. The third-order valence-electron chi connectivity index (χ3n) is 5.11. The molecule has 0 amide bonds. The van der Waals surface area contributed by atoms with Crippen molar-refractivity contribution in [1.29, 1.82) is 0 Å². The van der Waals surface area contributed by atoms with Crippen molar-refractivity contribution in [1.82, 2.24) is 24.7 Å². The molecule has 6 rings (SSSR count). The summed E-state index contributed by atoms with van der Waals surface area (Å²) >= 11 is 1.68. The SMILES string of the molecule is c1ccc2nc(-c3ccc(-c4nnc(-n5ccnc5)c5ccccc45)s3)ccc2c1. The number of hydrogen-bond donors (Lipinski definition) is 0. The third kappa shape index (κ3) is 2.77. The topological polar surface area (TPSA) is 56.5 Å². The van der Waals surface area contributed by atoms with Gasteiger partial charge in [-0.2, -0.15) is 0 Å². The van der Waals surface area contributed by atoms with Gasteiger partial charge in [0.25, 0.3) is 0 Å². The van der Waals surface area contributed by atoms with Crippen molar-refractivity contribution in [3.05, 3.63) is 91.5 Å². The molecule has 2 aromatic carbocycles. The van der Waals surface area contributed by atoms with Crippen molar-refractivity contribution in [2.24, 2.45) is 0 Å². The number of aromatic nitrogens is 5. The molecule has 142 valence electrons. The summed E-state index contributed by atoms with van der Waals surface area (Å²) in [5.41, 5.74) is 2.85. The number of pyridine rings is 1. The summed E-state index contributed by atoms with van der Waals surface area (Å²) < 4.78 is 1.89. The van der Waals surface area contributed by atoms with Crippen molar-refractivity contribution in [2.45, 2.75) is 0 Å². The minimum absolute atomic E-state index is 0.778. The van der Waals surface area contributed by atoms with Crippen LogP contribution in [0.3, 0.4) is 0 Å². The van der Waals surface area contributed by atoms with Crippen LogP contribution < -0.4 is 0 Å². The Kier molecular flexibility index (Phi) is 3.89. The number of benzene rings is 2.